The fourth-order valence-electron chi connectivity index (χ4n) is 4.64. The number of rotatable bonds is 3. The molecule has 1 aromatic heterocycles. The molecule has 0 N–H and O–H groups in total. The van der Waals surface area contributed by atoms with E-state index in [1.165, 1.54) is 6.07 Å². The van der Waals surface area contributed by atoms with E-state index in [9.17, 15) is 24.9 Å². The number of amides is 1. The van der Waals surface area contributed by atoms with Crippen molar-refractivity contribution in [3.8, 4) is 12.1 Å². The van der Waals surface area contributed by atoms with Crippen molar-refractivity contribution in [2.75, 3.05) is 5.75 Å². The third-order valence-corrected chi connectivity index (χ3v) is 7.23. The maximum absolute atomic E-state index is 12.8. The molecule has 1 aliphatic carbocycles. The molecule has 8 heteroatoms. The second kappa shape index (κ2) is 8.49. The molecular formula is C23H19N3O4S. The molecule has 0 bridgehead atoms. The monoisotopic (exact) mass is 433 g/mol. The summed E-state index contributed by atoms with van der Waals surface area (Å²) in [4.78, 5) is 41.6. The molecule has 1 aromatic carbocycles. The quantitative estimate of drug-likeness (QED) is 0.531. The van der Waals surface area contributed by atoms with Crippen molar-refractivity contribution in [2.24, 2.45) is 22.2 Å². The summed E-state index contributed by atoms with van der Waals surface area (Å²) >= 11 is 0.998. The minimum Gasteiger partial charge on any atom is -0.422 e. The van der Waals surface area contributed by atoms with Gasteiger partial charge in [-0.15, -0.1) is 11.8 Å². The van der Waals surface area contributed by atoms with Crippen molar-refractivity contribution >= 4 is 39.5 Å². The van der Waals surface area contributed by atoms with Crippen molar-refractivity contribution < 1.29 is 14.0 Å². The van der Waals surface area contributed by atoms with Crippen LogP contribution in [0.4, 0.5) is 0 Å². The highest BCUT2D eigenvalue weighted by atomic mass is 32.2. The number of carbonyl (C=O) groups excluding carboxylic acids is 2. The van der Waals surface area contributed by atoms with Gasteiger partial charge in [0.2, 0.25) is 0 Å². The van der Waals surface area contributed by atoms with Crippen LogP contribution in [0, 0.1) is 39.9 Å². The van der Waals surface area contributed by atoms with Gasteiger partial charge in [-0.25, -0.2) is 9.79 Å². The normalized spacial score (nSPS) is 22.5. The molecular weight excluding hydrogens is 414 g/mol. The van der Waals surface area contributed by atoms with E-state index in [1.807, 2.05) is 0 Å². The van der Waals surface area contributed by atoms with Gasteiger partial charge < -0.3 is 4.42 Å². The number of Topliss-reactive ketones (excluding diaryl/α,β-unsaturated/α-hetero) is 1. The Morgan fingerprint density at radius 3 is 2.55 bits per heavy atom. The first-order valence-electron chi connectivity index (χ1n) is 10.1. The van der Waals surface area contributed by atoms with Crippen LogP contribution in [0.1, 0.15) is 42.5 Å². The zero-order valence-corrected chi connectivity index (χ0v) is 17.5. The summed E-state index contributed by atoms with van der Waals surface area (Å²) in [6, 6.07) is 12.7. The highest BCUT2D eigenvalue weighted by molar-refractivity contribution is 8.14. The lowest BCUT2D eigenvalue weighted by atomic mass is 9.58. The second-order valence-corrected chi connectivity index (χ2v) is 8.90. The first-order valence-corrected chi connectivity index (χ1v) is 11.1. The molecule has 0 radical (unpaired) electrons. The van der Waals surface area contributed by atoms with Crippen LogP contribution in [0.15, 0.2) is 44.5 Å². The maximum atomic E-state index is 12.8. The van der Waals surface area contributed by atoms with Gasteiger partial charge in [0, 0.05) is 10.8 Å². The molecule has 2 unspecified atom stereocenters. The third-order valence-electron chi connectivity index (χ3n) is 6.20. The Bertz CT molecular complexity index is 1230. The molecule has 31 heavy (non-hydrogen) atoms. The molecule has 7 nitrogen and oxygen atoms in total. The number of aliphatic imine (C=N–C) groups is 1. The first kappa shape index (κ1) is 21.0. The Labute approximate surface area is 182 Å². The van der Waals surface area contributed by atoms with Gasteiger partial charge in [0.1, 0.15) is 23.0 Å². The number of thioether (sulfide) groups is 1. The van der Waals surface area contributed by atoms with E-state index in [1.54, 1.807) is 24.3 Å². The van der Waals surface area contributed by atoms with Crippen LogP contribution in [-0.2, 0) is 4.79 Å². The molecule has 1 amide bonds. The Kier molecular flexibility index (Phi) is 5.75. The van der Waals surface area contributed by atoms with E-state index in [0.717, 1.165) is 31.0 Å². The minimum atomic E-state index is -0.940. The molecule has 2 atom stereocenters. The molecule has 2 aliphatic rings. The van der Waals surface area contributed by atoms with Gasteiger partial charge >= 0.3 is 5.63 Å². The topological polar surface area (TPSA) is 124 Å². The number of nitrogens with zero attached hydrogens (tertiary/aromatic N) is 3. The molecule has 0 saturated heterocycles. The summed E-state index contributed by atoms with van der Waals surface area (Å²) in [7, 11) is 0. The summed E-state index contributed by atoms with van der Waals surface area (Å²) < 4.78 is 5.23. The van der Waals surface area contributed by atoms with Gasteiger partial charge in [0.15, 0.2) is 5.78 Å². The van der Waals surface area contributed by atoms with Crippen molar-refractivity contribution in [1.29, 1.82) is 10.5 Å². The smallest absolute Gasteiger partial charge is 0.347 e. The highest BCUT2D eigenvalue weighted by Crippen LogP contribution is 2.52. The lowest BCUT2D eigenvalue weighted by Crippen LogP contribution is -2.48. The predicted octanol–water partition coefficient (Wildman–Crippen LogP) is 3.88. The number of hydrogen-bond acceptors (Lipinski definition) is 7. The average Bonchev–Trinajstić information content (AvgIpc) is 2.77. The number of nitriles is 2. The molecule has 2 heterocycles. The molecule has 2 aromatic rings. The predicted molar refractivity (Wildman–Crippen MR) is 115 cm³/mol. The number of benzene rings is 1. The van der Waals surface area contributed by atoms with Gasteiger partial charge in [0.25, 0.3) is 5.91 Å². The second-order valence-electron chi connectivity index (χ2n) is 7.90. The van der Waals surface area contributed by atoms with E-state index in [4.69, 9.17) is 4.42 Å². The van der Waals surface area contributed by atoms with Gasteiger partial charge in [-0.1, -0.05) is 37.5 Å². The number of hydrogen-bond donors (Lipinski definition) is 0. The number of carbonyl (C=O) groups is 2. The average molecular weight is 433 g/mol. The van der Waals surface area contributed by atoms with Crippen LogP contribution in [0.2, 0.25) is 0 Å². The van der Waals surface area contributed by atoms with Gasteiger partial charge in [-0.05, 0) is 25.0 Å². The van der Waals surface area contributed by atoms with Crippen molar-refractivity contribution in [3.63, 3.8) is 0 Å². The summed E-state index contributed by atoms with van der Waals surface area (Å²) in [5, 5.41) is 20.4. The summed E-state index contributed by atoms with van der Waals surface area (Å²) in [5.74, 6) is -2.82. The Hall–Kier alpha value is -3.23. The van der Waals surface area contributed by atoms with E-state index < -0.39 is 34.6 Å². The lowest BCUT2D eigenvalue weighted by molar-refractivity contribution is -0.125. The van der Waals surface area contributed by atoms with Crippen LogP contribution >= 0.6 is 11.8 Å². The third kappa shape index (κ3) is 3.68. The zero-order chi connectivity index (χ0) is 22.0. The fraction of sp³-hybridized carbons (Fsp3) is 0.391. The van der Waals surface area contributed by atoms with Crippen LogP contribution in [-0.4, -0.2) is 22.5 Å². The Balaban J connectivity index is 1.60. The van der Waals surface area contributed by atoms with Crippen LogP contribution in [0.3, 0.4) is 0 Å². The molecule has 1 spiro atoms. The first-order chi connectivity index (χ1) is 15.0. The summed E-state index contributed by atoms with van der Waals surface area (Å²) in [6.07, 6.45) is 3.91. The minimum absolute atomic E-state index is 0.0790. The maximum Gasteiger partial charge on any atom is 0.347 e. The molecule has 4 rings (SSSR count). The van der Waals surface area contributed by atoms with Crippen molar-refractivity contribution in [1.82, 2.24) is 0 Å². The van der Waals surface area contributed by atoms with Crippen LogP contribution in [0.25, 0.3) is 11.0 Å². The van der Waals surface area contributed by atoms with E-state index >= 15 is 0 Å². The molecule has 1 fully saturated rings. The lowest BCUT2D eigenvalue weighted by Gasteiger charge is -2.44. The van der Waals surface area contributed by atoms with Crippen LogP contribution < -0.4 is 5.63 Å². The Morgan fingerprint density at radius 1 is 1.13 bits per heavy atom. The Morgan fingerprint density at radius 2 is 1.84 bits per heavy atom. The zero-order valence-electron chi connectivity index (χ0n) is 16.7. The summed E-state index contributed by atoms with van der Waals surface area (Å²) in [6.45, 7) is 0. The van der Waals surface area contributed by atoms with Crippen molar-refractivity contribution in [3.05, 3.63) is 46.3 Å². The largest absolute Gasteiger partial charge is 0.422 e. The van der Waals surface area contributed by atoms with E-state index in [0.29, 0.717) is 23.8 Å². The number of ketones is 1. The molecule has 156 valence electrons. The number of para-hydroxylation sites is 1. The van der Waals surface area contributed by atoms with Crippen molar-refractivity contribution in [2.45, 2.75) is 32.1 Å². The summed E-state index contributed by atoms with van der Waals surface area (Å²) in [5.41, 5.74) is -1.17. The van der Waals surface area contributed by atoms with Gasteiger partial charge in [-0.3, -0.25) is 9.59 Å². The standard InChI is InChI=1S/C23H19N3O4S/c24-11-16-20(28)26-21(17(12-25)23(16)8-4-1-5-9-23)31-13-18(27)15-10-14-6-2-3-7-19(14)30-22(15)29/h2-3,6-7,10,16-17H,1,4-5,8-9,13H2. The van der Waals surface area contributed by atoms with E-state index in [2.05, 4.69) is 17.1 Å². The fourth-order valence-corrected chi connectivity index (χ4v) is 5.68. The number of fused-ring (bicyclic) bond motifs is 1. The highest BCUT2D eigenvalue weighted by Gasteiger charge is 2.54. The van der Waals surface area contributed by atoms with Crippen LogP contribution in [0.5, 0.6) is 0 Å². The van der Waals surface area contributed by atoms with E-state index in [-0.39, 0.29) is 16.4 Å². The molecule has 1 saturated carbocycles. The molecule has 1 aliphatic heterocycles. The SMILES string of the molecule is N#CC1C(=O)N=C(SCC(=O)c2cc3ccccc3oc2=O)C(C#N)C12CCCCC2. The van der Waals surface area contributed by atoms with Gasteiger partial charge in [-0.2, -0.15) is 10.5 Å². The van der Waals surface area contributed by atoms with Gasteiger partial charge in [0.05, 0.1) is 22.9 Å².